The molecule has 0 bridgehead atoms. The maximum absolute atomic E-state index is 8.87. The molecule has 1 aromatic rings. The van der Waals surface area contributed by atoms with E-state index in [0.29, 0.717) is 0 Å². The number of hydrogen-bond donors (Lipinski definition) is 0. The number of rotatable bonds is 3. The lowest BCUT2D eigenvalue weighted by Crippen LogP contribution is -2.48. The van der Waals surface area contributed by atoms with E-state index in [1.165, 1.54) is 5.56 Å². The van der Waals surface area contributed by atoms with Crippen LogP contribution in [0.2, 0.25) is 0 Å². The lowest BCUT2D eigenvalue weighted by Gasteiger charge is -2.35. The number of piperazine rings is 1. The highest BCUT2D eigenvalue weighted by molar-refractivity contribution is 5.03. The molecule has 0 spiro atoms. The van der Waals surface area contributed by atoms with Gasteiger partial charge in [0.05, 0.1) is 18.3 Å². The second kappa shape index (κ2) is 5.30. The predicted molar refractivity (Wildman–Crippen MR) is 65.1 cm³/mol. The molecule has 0 amide bonds. The number of nitrogens with zero attached hydrogens (tertiary/aromatic N) is 5. The first kappa shape index (κ1) is 12.1. The summed E-state index contributed by atoms with van der Waals surface area (Å²) < 4.78 is 1.84. The van der Waals surface area contributed by atoms with Crippen LogP contribution < -0.4 is 0 Å². The quantitative estimate of drug-likeness (QED) is 0.760. The van der Waals surface area contributed by atoms with E-state index in [9.17, 15) is 0 Å². The zero-order chi connectivity index (χ0) is 12.3. The molecule has 0 saturated carbocycles. The maximum Gasteiger partial charge on any atom is 0.0950 e. The largest absolute Gasteiger partial charge is 0.296 e. The lowest BCUT2D eigenvalue weighted by molar-refractivity contribution is 0.114. The number of aryl methyl sites for hydroxylation is 1. The zero-order valence-electron chi connectivity index (χ0n) is 10.5. The van der Waals surface area contributed by atoms with Crippen molar-refractivity contribution < 1.29 is 0 Å². The van der Waals surface area contributed by atoms with Gasteiger partial charge in [0.15, 0.2) is 0 Å². The van der Waals surface area contributed by atoms with Crippen molar-refractivity contribution in [3.05, 3.63) is 18.0 Å². The number of aromatic nitrogens is 2. The fraction of sp³-hybridized carbons (Fsp3) is 0.667. The van der Waals surface area contributed by atoms with Gasteiger partial charge in [-0.25, -0.2) is 0 Å². The van der Waals surface area contributed by atoms with Crippen LogP contribution in [0.15, 0.2) is 12.4 Å². The molecule has 1 aliphatic rings. The first-order chi connectivity index (χ1) is 8.19. The van der Waals surface area contributed by atoms with Gasteiger partial charge in [-0.1, -0.05) is 0 Å². The minimum atomic E-state index is 0.0375. The SMILES string of the molecule is CC(C#N)N1CCN(Cc2cnn(C)c2)CC1. The summed E-state index contributed by atoms with van der Waals surface area (Å²) in [5, 5.41) is 13.0. The van der Waals surface area contributed by atoms with Crippen LogP contribution in [0.3, 0.4) is 0 Å². The van der Waals surface area contributed by atoms with Crippen LogP contribution >= 0.6 is 0 Å². The van der Waals surface area contributed by atoms with E-state index in [0.717, 1.165) is 32.7 Å². The summed E-state index contributed by atoms with van der Waals surface area (Å²) in [5.41, 5.74) is 1.26. The van der Waals surface area contributed by atoms with Crippen LogP contribution in [0.1, 0.15) is 12.5 Å². The minimum Gasteiger partial charge on any atom is -0.296 e. The van der Waals surface area contributed by atoms with E-state index >= 15 is 0 Å². The van der Waals surface area contributed by atoms with Crippen LogP contribution in [0.25, 0.3) is 0 Å². The van der Waals surface area contributed by atoms with Gasteiger partial charge in [-0.3, -0.25) is 14.5 Å². The first-order valence-electron chi connectivity index (χ1n) is 6.02. The summed E-state index contributed by atoms with van der Waals surface area (Å²) in [6.07, 6.45) is 3.98. The summed E-state index contributed by atoms with van der Waals surface area (Å²) in [4.78, 5) is 4.65. The molecule has 1 unspecified atom stereocenters. The van der Waals surface area contributed by atoms with Gasteiger partial charge in [0, 0.05) is 51.5 Å². The summed E-state index contributed by atoms with van der Waals surface area (Å²) >= 11 is 0. The molecule has 17 heavy (non-hydrogen) atoms. The van der Waals surface area contributed by atoms with Crippen LogP contribution in [0.4, 0.5) is 0 Å². The van der Waals surface area contributed by atoms with Gasteiger partial charge >= 0.3 is 0 Å². The molecule has 0 aliphatic carbocycles. The standard InChI is InChI=1S/C12H19N5/c1-11(7-13)17-5-3-16(4-6-17)10-12-8-14-15(2)9-12/h8-9,11H,3-6,10H2,1-2H3. The lowest BCUT2D eigenvalue weighted by atomic mass is 10.2. The Balaban J connectivity index is 1.82. The summed E-state index contributed by atoms with van der Waals surface area (Å²) in [6, 6.07) is 2.33. The van der Waals surface area contributed by atoms with Crippen molar-refractivity contribution in [2.45, 2.75) is 19.5 Å². The van der Waals surface area contributed by atoms with Gasteiger partial charge in [-0.2, -0.15) is 10.4 Å². The van der Waals surface area contributed by atoms with E-state index in [4.69, 9.17) is 5.26 Å². The molecule has 0 N–H and O–H groups in total. The van der Waals surface area contributed by atoms with Crippen molar-refractivity contribution >= 4 is 0 Å². The molecule has 1 saturated heterocycles. The van der Waals surface area contributed by atoms with Gasteiger partial charge in [0.1, 0.15) is 0 Å². The Morgan fingerprint density at radius 2 is 2.12 bits per heavy atom. The summed E-state index contributed by atoms with van der Waals surface area (Å²) in [6.45, 7) is 6.95. The third-order valence-electron chi connectivity index (χ3n) is 3.31. The van der Waals surface area contributed by atoms with Crippen molar-refractivity contribution in [2.75, 3.05) is 26.2 Å². The van der Waals surface area contributed by atoms with E-state index in [-0.39, 0.29) is 6.04 Å². The fourth-order valence-electron chi connectivity index (χ4n) is 2.20. The highest BCUT2D eigenvalue weighted by Crippen LogP contribution is 2.09. The molecular weight excluding hydrogens is 214 g/mol. The Morgan fingerprint density at radius 3 is 2.65 bits per heavy atom. The Labute approximate surface area is 102 Å². The number of hydrogen-bond acceptors (Lipinski definition) is 4. The Hall–Kier alpha value is -1.38. The average Bonchev–Trinajstić information content (AvgIpc) is 2.75. The topological polar surface area (TPSA) is 48.1 Å². The predicted octanol–water partition coefficient (Wildman–Crippen LogP) is 0.450. The molecule has 0 aromatic carbocycles. The molecule has 1 aliphatic heterocycles. The normalized spacial score (nSPS) is 20.1. The van der Waals surface area contributed by atoms with Gasteiger partial charge in [0.2, 0.25) is 0 Å². The molecule has 2 heterocycles. The molecule has 1 fully saturated rings. The van der Waals surface area contributed by atoms with Crippen molar-refractivity contribution in [1.29, 1.82) is 5.26 Å². The van der Waals surface area contributed by atoms with Crippen molar-refractivity contribution in [1.82, 2.24) is 19.6 Å². The molecule has 2 rings (SSSR count). The van der Waals surface area contributed by atoms with Gasteiger partial charge in [-0.05, 0) is 6.92 Å². The van der Waals surface area contributed by atoms with Crippen molar-refractivity contribution in [3.8, 4) is 6.07 Å². The fourth-order valence-corrected chi connectivity index (χ4v) is 2.20. The molecule has 0 radical (unpaired) electrons. The molecule has 92 valence electrons. The molecule has 5 nitrogen and oxygen atoms in total. The molecular formula is C12H19N5. The van der Waals surface area contributed by atoms with Crippen LogP contribution in [-0.4, -0.2) is 51.8 Å². The van der Waals surface area contributed by atoms with Crippen molar-refractivity contribution in [3.63, 3.8) is 0 Å². The molecule has 1 aromatic heterocycles. The summed E-state index contributed by atoms with van der Waals surface area (Å²) in [7, 11) is 1.94. The smallest absolute Gasteiger partial charge is 0.0950 e. The highest BCUT2D eigenvalue weighted by atomic mass is 15.3. The Bertz CT molecular complexity index is 397. The van der Waals surface area contributed by atoms with E-state index in [1.807, 2.05) is 24.9 Å². The molecule has 1 atom stereocenters. The van der Waals surface area contributed by atoms with Gasteiger partial charge in [0.25, 0.3) is 0 Å². The average molecular weight is 233 g/mol. The van der Waals surface area contributed by atoms with Gasteiger partial charge in [-0.15, -0.1) is 0 Å². The monoisotopic (exact) mass is 233 g/mol. The summed E-state index contributed by atoms with van der Waals surface area (Å²) in [5.74, 6) is 0. The van der Waals surface area contributed by atoms with E-state index in [1.54, 1.807) is 0 Å². The van der Waals surface area contributed by atoms with Gasteiger partial charge < -0.3 is 0 Å². The minimum absolute atomic E-state index is 0.0375. The van der Waals surface area contributed by atoms with Crippen LogP contribution in [-0.2, 0) is 13.6 Å². The Morgan fingerprint density at radius 1 is 1.41 bits per heavy atom. The maximum atomic E-state index is 8.87. The second-order valence-electron chi connectivity index (χ2n) is 4.64. The molecule has 5 heteroatoms. The van der Waals surface area contributed by atoms with E-state index < -0.39 is 0 Å². The highest BCUT2D eigenvalue weighted by Gasteiger charge is 2.20. The third-order valence-corrected chi connectivity index (χ3v) is 3.31. The number of nitriles is 1. The first-order valence-corrected chi connectivity index (χ1v) is 6.02. The second-order valence-corrected chi connectivity index (χ2v) is 4.64. The van der Waals surface area contributed by atoms with Crippen molar-refractivity contribution in [2.24, 2.45) is 7.05 Å². The van der Waals surface area contributed by atoms with E-state index in [2.05, 4.69) is 27.2 Å². The zero-order valence-corrected chi connectivity index (χ0v) is 10.5. The van der Waals surface area contributed by atoms with Crippen LogP contribution in [0, 0.1) is 11.3 Å². The van der Waals surface area contributed by atoms with Crippen LogP contribution in [0.5, 0.6) is 0 Å². The Kier molecular flexibility index (Phi) is 3.77. The third kappa shape index (κ3) is 3.05.